The van der Waals surface area contributed by atoms with Crippen LogP contribution in [0.25, 0.3) is 10.8 Å². The number of aromatic nitrogens is 2. The molecule has 71 heavy (non-hydrogen) atoms. The highest BCUT2D eigenvalue weighted by Crippen LogP contribution is 2.31. The average molecular weight is 1020 g/mol. The summed E-state index contributed by atoms with van der Waals surface area (Å²) in [7, 11) is 0. The fraction of sp³-hybridized carbons (Fsp3) is 0.0217. The van der Waals surface area contributed by atoms with E-state index < -0.39 is 150 Å². The molecule has 0 aliphatic heterocycles. The maximum absolute atomic E-state index is 15.4. The predicted molar refractivity (Wildman–Crippen MR) is 208 cm³/mol. The van der Waals surface area contributed by atoms with Crippen LogP contribution in [0.5, 0.6) is 5.75 Å². The number of nitrogens with zero attached hydrogens (tertiary/aromatic N) is 2. The Morgan fingerprint density at radius 1 is 0.423 bits per heavy atom. The Kier molecular flexibility index (Phi) is 13.9. The van der Waals surface area contributed by atoms with E-state index in [1.807, 2.05) is 77.5 Å². The van der Waals surface area contributed by atoms with Crippen molar-refractivity contribution in [2.24, 2.45) is 0 Å². The van der Waals surface area contributed by atoms with Crippen LogP contribution in [-0.4, -0.2) is 17.1 Å². The van der Waals surface area contributed by atoms with Gasteiger partial charge in [-0.15, -0.1) is 21.9 Å². The van der Waals surface area contributed by atoms with E-state index in [1.54, 1.807) is 18.5 Å². The number of hydrogen-bond acceptors (Lipinski definition) is 3. The molecule has 1 aromatic heterocycles. The molecule has 0 atom stereocenters. The number of carbonyl (C=O) groups excluding carboxylic acids is 1. The van der Waals surface area contributed by atoms with Gasteiger partial charge in [0.15, 0.2) is 82.5 Å². The van der Waals surface area contributed by atoms with Gasteiger partial charge in [0.1, 0.15) is 58.4 Å². The number of rotatable bonds is 8. The van der Waals surface area contributed by atoms with Crippen LogP contribution >= 0.6 is 0 Å². The summed E-state index contributed by atoms with van der Waals surface area (Å²) < 4.78 is 301. The van der Waals surface area contributed by atoms with Crippen LogP contribution in [0.2, 0.25) is 0 Å². The molecule has 7 aromatic carbocycles. The first-order chi connectivity index (χ1) is 33.5. The Labute approximate surface area is 382 Å². The van der Waals surface area contributed by atoms with E-state index in [-0.39, 0.29) is 5.69 Å². The monoisotopic (exact) mass is 1020 g/mol. The van der Waals surface area contributed by atoms with Crippen LogP contribution in [0, 0.1) is 116 Å². The van der Waals surface area contributed by atoms with Gasteiger partial charge >= 0.3 is 5.97 Å². The van der Waals surface area contributed by atoms with Gasteiger partial charge in [-0.05, 0) is 22.9 Å². The van der Waals surface area contributed by atoms with E-state index in [0.717, 1.165) is 16.3 Å². The number of hydrogen-bond donors (Lipinski definition) is 0. The molecule has 4 nitrogen and oxygen atoms in total. The zero-order chi connectivity index (χ0) is 52.1. The molecule has 0 N–H and O–H groups in total. The summed E-state index contributed by atoms with van der Waals surface area (Å²) in [5.41, 5.74) is -12.9. The van der Waals surface area contributed by atoms with Crippen molar-refractivity contribution >= 4 is 44.7 Å². The number of ether oxygens (including phenoxy) is 1. The maximum atomic E-state index is 15.4. The molecule has 366 valence electrons. The summed E-state index contributed by atoms with van der Waals surface area (Å²) in [6.45, 7) is 0.666. The molecule has 8 rings (SSSR count). The van der Waals surface area contributed by atoms with Crippen molar-refractivity contribution in [3.05, 3.63) is 219 Å². The zero-order valence-corrected chi connectivity index (χ0v) is 34.2. The Morgan fingerprint density at radius 3 is 1.14 bits per heavy atom. The van der Waals surface area contributed by atoms with Crippen LogP contribution in [0.4, 0.5) is 87.8 Å². The molecule has 0 spiro atoms. The molecule has 25 heteroatoms. The third-order valence-electron chi connectivity index (χ3n) is 10.8. The average Bonchev–Trinajstić information content (AvgIpc) is 3.36. The normalized spacial score (nSPS) is 11.5. The second-order valence-electron chi connectivity index (χ2n) is 14.8. The van der Waals surface area contributed by atoms with Gasteiger partial charge in [-0.2, -0.15) is 4.57 Å². The van der Waals surface area contributed by atoms with Crippen molar-refractivity contribution in [3.8, 4) is 5.75 Å². The standard InChI is InChI=1S/C24BF20.C22H17N2O2/c26-5-1(6(27)14(35)21(42)13(5)34)25(2-7(28)15(36)22(43)16(37)8(2)29,3-9(30)17(38)23(44)18(39)10(3)31)4-11(32)19(40)24(45)20(41)12(4)33;25-22(26-20-11-10-18-8-4-5-9-19(18)14-20)21-16-24(13-12-23-21)15-17-6-2-1-3-7-17/h;1-14,16H,15H2/q-1;+1. The number of halogens is 20. The molecule has 0 bridgehead atoms. The molecule has 0 aliphatic rings. The minimum absolute atomic E-state index is 0.275. The molecular weight excluding hydrogens is 1000 g/mol. The van der Waals surface area contributed by atoms with Crippen molar-refractivity contribution in [1.29, 1.82) is 0 Å². The van der Waals surface area contributed by atoms with Gasteiger partial charge in [0.05, 0.1) is 6.20 Å². The lowest BCUT2D eigenvalue weighted by atomic mass is 9.12. The molecule has 0 amide bonds. The van der Waals surface area contributed by atoms with E-state index in [9.17, 15) is 57.5 Å². The number of fused-ring (bicyclic) bond motifs is 1. The Balaban J connectivity index is 0.000000240. The van der Waals surface area contributed by atoms with E-state index in [0.29, 0.717) is 12.3 Å². The smallest absolute Gasteiger partial charge is 0.368 e. The Hall–Kier alpha value is -7.99. The van der Waals surface area contributed by atoms with Gasteiger partial charge in [-0.3, -0.25) is 0 Å². The lowest BCUT2D eigenvalue weighted by Gasteiger charge is -2.44. The molecule has 0 saturated heterocycles. The number of esters is 1. The van der Waals surface area contributed by atoms with E-state index in [2.05, 4.69) is 4.98 Å². The van der Waals surface area contributed by atoms with Crippen molar-refractivity contribution in [2.45, 2.75) is 6.54 Å². The Bertz CT molecular complexity index is 3090. The largest absolute Gasteiger partial charge is 0.422 e. The molecule has 8 aromatic rings. The molecule has 0 unspecified atom stereocenters. The van der Waals surface area contributed by atoms with Gasteiger partial charge in [-0.25, -0.2) is 97.6 Å². The highest BCUT2D eigenvalue weighted by molar-refractivity contribution is 7.20. The van der Waals surface area contributed by atoms with E-state index in [4.69, 9.17) is 4.74 Å². The molecule has 0 aliphatic carbocycles. The van der Waals surface area contributed by atoms with Crippen molar-refractivity contribution < 1.29 is 102 Å². The van der Waals surface area contributed by atoms with Gasteiger partial charge in [0, 0.05) is 5.56 Å². The van der Waals surface area contributed by atoms with Gasteiger partial charge < -0.3 is 4.74 Å². The molecular formula is C46H17BF20N2O2. The minimum atomic E-state index is -7.22. The lowest BCUT2D eigenvalue weighted by molar-refractivity contribution is -0.689. The maximum Gasteiger partial charge on any atom is 0.368 e. The summed E-state index contributed by atoms with van der Waals surface area (Å²) in [6, 6.07) is 23.6. The lowest BCUT2D eigenvalue weighted by Crippen LogP contribution is -2.81. The summed E-state index contributed by atoms with van der Waals surface area (Å²) in [6.07, 6.45) is -2.07. The predicted octanol–water partition coefficient (Wildman–Crippen LogP) is 9.64. The minimum Gasteiger partial charge on any atom is -0.422 e. The van der Waals surface area contributed by atoms with E-state index >= 15 is 35.1 Å². The number of benzene rings is 7. The summed E-state index contributed by atoms with van der Waals surface area (Å²) in [5.74, 6) is -71.4. The fourth-order valence-electron chi connectivity index (χ4n) is 7.70. The van der Waals surface area contributed by atoms with Gasteiger partial charge in [0.2, 0.25) is 11.9 Å². The molecule has 0 saturated carbocycles. The second-order valence-corrected chi connectivity index (χ2v) is 14.8. The van der Waals surface area contributed by atoms with E-state index in [1.165, 1.54) is 0 Å². The van der Waals surface area contributed by atoms with Crippen LogP contribution in [0.15, 0.2) is 91.4 Å². The SMILES string of the molecule is Fc1c(F)c(F)c([B-](c2c(F)c(F)c(F)c(F)c2F)(c2c(F)c(F)c(F)c(F)c2F)c2c(F)c(F)c(F)c(F)c2F)c(F)c1F.O=C(Oc1ccc2ccccc2c1)c1c[n+](Cc2ccccc2)ccn1. The third-order valence-corrected chi connectivity index (χ3v) is 10.8. The fourth-order valence-corrected chi connectivity index (χ4v) is 7.70. The summed E-state index contributed by atoms with van der Waals surface area (Å²) >= 11 is 0. The van der Waals surface area contributed by atoms with Gasteiger partial charge in [-0.1, -0.05) is 60.7 Å². The van der Waals surface area contributed by atoms with Crippen LogP contribution in [0.3, 0.4) is 0 Å². The summed E-state index contributed by atoms with van der Waals surface area (Å²) in [4.78, 5) is 16.6. The molecule has 0 fully saturated rings. The zero-order valence-electron chi connectivity index (χ0n) is 34.2. The first-order valence-electron chi connectivity index (χ1n) is 19.3. The highest BCUT2D eigenvalue weighted by atomic mass is 19.2. The summed E-state index contributed by atoms with van der Waals surface area (Å²) in [5, 5.41) is 2.13. The second kappa shape index (κ2) is 19.4. The van der Waals surface area contributed by atoms with Crippen molar-refractivity contribution in [3.63, 3.8) is 0 Å². The van der Waals surface area contributed by atoms with Gasteiger partial charge in [0.25, 0.3) is 0 Å². The Morgan fingerprint density at radius 2 is 0.761 bits per heavy atom. The topological polar surface area (TPSA) is 43.1 Å². The third kappa shape index (κ3) is 8.51. The van der Waals surface area contributed by atoms with Crippen LogP contribution in [0.1, 0.15) is 16.1 Å². The molecule has 0 radical (unpaired) electrons. The van der Waals surface area contributed by atoms with Crippen molar-refractivity contribution in [2.75, 3.05) is 0 Å². The van der Waals surface area contributed by atoms with Crippen LogP contribution < -0.4 is 31.2 Å². The molecule has 1 heterocycles. The first kappa shape index (κ1) is 50.9. The highest BCUT2D eigenvalue weighted by Gasteiger charge is 2.52. The first-order valence-corrected chi connectivity index (χ1v) is 19.3. The van der Waals surface area contributed by atoms with Crippen molar-refractivity contribution in [1.82, 2.24) is 4.98 Å². The van der Waals surface area contributed by atoms with Crippen LogP contribution in [-0.2, 0) is 6.54 Å². The number of carbonyl (C=O) groups is 1. The quantitative estimate of drug-likeness (QED) is 0.0290.